The second kappa shape index (κ2) is 12.9. The molecular formula is C26H30BrClF3N3O4S. The Morgan fingerprint density at radius 3 is 2.38 bits per heavy atom. The van der Waals surface area contributed by atoms with Crippen molar-refractivity contribution >= 4 is 55.1 Å². The Balaban J connectivity index is 1.95. The minimum Gasteiger partial charge on any atom is -0.352 e. The summed E-state index contributed by atoms with van der Waals surface area (Å²) < 4.78 is 66.8. The molecular weight excluding hydrogens is 623 g/mol. The highest BCUT2D eigenvalue weighted by atomic mass is 79.9. The number of sulfonamides is 1. The van der Waals surface area contributed by atoms with E-state index >= 15 is 0 Å². The maximum atomic E-state index is 13.7. The number of carbonyl (C=O) groups is 2. The minimum atomic E-state index is -4.76. The van der Waals surface area contributed by atoms with Gasteiger partial charge in [0.25, 0.3) is 0 Å². The normalized spacial score (nSPS) is 15.5. The van der Waals surface area contributed by atoms with E-state index in [1.54, 1.807) is 24.3 Å². The first-order chi connectivity index (χ1) is 18.2. The van der Waals surface area contributed by atoms with Crippen LogP contribution in [0.15, 0.2) is 46.9 Å². The summed E-state index contributed by atoms with van der Waals surface area (Å²) in [5.74, 6) is -1.17. The van der Waals surface area contributed by atoms with Crippen molar-refractivity contribution in [2.75, 3.05) is 17.1 Å². The number of alkyl halides is 3. The molecule has 13 heteroatoms. The fraction of sp³-hybridized carbons (Fsp3) is 0.462. The second-order valence-electron chi connectivity index (χ2n) is 9.60. The van der Waals surface area contributed by atoms with Crippen LogP contribution in [0.1, 0.15) is 50.2 Å². The van der Waals surface area contributed by atoms with E-state index in [9.17, 15) is 31.2 Å². The van der Waals surface area contributed by atoms with Crippen molar-refractivity contribution in [2.45, 2.75) is 63.8 Å². The Morgan fingerprint density at radius 2 is 1.79 bits per heavy atom. The highest BCUT2D eigenvalue weighted by Crippen LogP contribution is 2.36. The maximum absolute atomic E-state index is 13.7. The number of anilines is 1. The van der Waals surface area contributed by atoms with Crippen molar-refractivity contribution in [1.29, 1.82) is 0 Å². The summed E-state index contributed by atoms with van der Waals surface area (Å²) in [7, 11) is -4.25. The van der Waals surface area contributed by atoms with Gasteiger partial charge >= 0.3 is 6.18 Å². The molecule has 1 N–H and O–H groups in total. The molecule has 7 nitrogen and oxygen atoms in total. The monoisotopic (exact) mass is 651 g/mol. The summed E-state index contributed by atoms with van der Waals surface area (Å²) in [4.78, 5) is 28.1. The topological polar surface area (TPSA) is 86.8 Å². The summed E-state index contributed by atoms with van der Waals surface area (Å²) in [6.07, 6.45) is 0.735. The number of benzene rings is 2. The molecule has 214 valence electrons. The van der Waals surface area contributed by atoms with E-state index in [0.717, 1.165) is 55.0 Å². The van der Waals surface area contributed by atoms with Gasteiger partial charge in [0.05, 0.1) is 22.5 Å². The lowest BCUT2D eigenvalue weighted by Crippen LogP contribution is -2.53. The Hall–Kier alpha value is -2.31. The third kappa shape index (κ3) is 8.59. The van der Waals surface area contributed by atoms with Gasteiger partial charge in [-0.05, 0) is 55.7 Å². The van der Waals surface area contributed by atoms with Crippen molar-refractivity contribution in [2.24, 2.45) is 0 Å². The van der Waals surface area contributed by atoms with E-state index in [4.69, 9.17) is 11.6 Å². The van der Waals surface area contributed by atoms with Gasteiger partial charge in [-0.25, -0.2) is 8.42 Å². The molecule has 1 atom stereocenters. The number of carbonyl (C=O) groups excluding carboxylic acids is 2. The Morgan fingerprint density at radius 1 is 1.13 bits per heavy atom. The Bertz CT molecular complexity index is 1300. The van der Waals surface area contributed by atoms with Crippen LogP contribution in [0.3, 0.4) is 0 Å². The smallest absolute Gasteiger partial charge is 0.352 e. The first kappa shape index (κ1) is 31.2. The van der Waals surface area contributed by atoms with Crippen molar-refractivity contribution in [1.82, 2.24) is 10.2 Å². The molecule has 0 bridgehead atoms. The predicted octanol–water partition coefficient (Wildman–Crippen LogP) is 5.75. The van der Waals surface area contributed by atoms with Gasteiger partial charge in [-0.3, -0.25) is 13.9 Å². The summed E-state index contributed by atoms with van der Waals surface area (Å²) in [6.45, 7) is 0.649. The van der Waals surface area contributed by atoms with Crippen molar-refractivity contribution in [3.63, 3.8) is 0 Å². The number of nitrogens with zero attached hydrogens (tertiary/aromatic N) is 2. The summed E-state index contributed by atoms with van der Waals surface area (Å²) in [6, 6.07) is 8.28. The molecule has 2 amide bonds. The molecule has 3 rings (SSSR count). The maximum Gasteiger partial charge on any atom is 0.416 e. The van der Waals surface area contributed by atoms with Crippen LogP contribution < -0.4 is 9.62 Å². The molecule has 0 aliphatic heterocycles. The van der Waals surface area contributed by atoms with Gasteiger partial charge in [0.15, 0.2) is 0 Å². The number of halogens is 5. The summed E-state index contributed by atoms with van der Waals surface area (Å²) in [5.41, 5.74) is -0.934. The third-order valence-electron chi connectivity index (χ3n) is 6.58. The van der Waals surface area contributed by atoms with Crippen molar-refractivity contribution in [3.05, 3.63) is 63.1 Å². The zero-order chi connectivity index (χ0) is 29.0. The fourth-order valence-corrected chi connectivity index (χ4v) is 6.03. The molecule has 39 heavy (non-hydrogen) atoms. The van der Waals surface area contributed by atoms with Gasteiger partial charge in [0.1, 0.15) is 12.6 Å². The third-order valence-corrected chi connectivity index (χ3v) is 8.52. The molecule has 1 aliphatic rings. The molecule has 2 aromatic rings. The molecule has 0 saturated heterocycles. The first-order valence-electron chi connectivity index (χ1n) is 12.4. The number of hydrogen-bond donors (Lipinski definition) is 1. The molecule has 0 heterocycles. The molecule has 0 aromatic heterocycles. The lowest BCUT2D eigenvalue weighted by Gasteiger charge is -2.33. The SMILES string of the molecule is C[C@H](C(=O)NC1CCCCC1)N(Cc1cccc(Br)c1)C(=O)CN(c1cc(C(F)(F)F)ccc1Cl)S(C)(=O)=O. The van der Waals surface area contributed by atoms with Gasteiger partial charge in [-0.1, -0.05) is 58.9 Å². The molecule has 0 unspecified atom stereocenters. The molecule has 0 spiro atoms. The van der Waals surface area contributed by atoms with Crippen LogP contribution in [0.25, 0.3) is 0 Å². The van der Waals surface area contributed by atoms with E-state index in [1.165, 1.54) is 11.8 Å². The summed E-state index contributed by atoms with van der Waals surface area (Å²) in [5, 5.41) is 2.70. The van der Waals surface area contributed by atoms with Gasteiger partial charge < -0.3 is 10.2 Å². The van der Waals surface area contributed by atoms with Crippen LogP contribution >= 0.6 is 27.5 Å². The van der Waals surface area contributed by atoms with E-state index in [-0.39, 0.29) is 17.6 Å². The fourth-order valence-electron chi connectivity index (χ4n) is 4.46. The van der Waals surface area contributed by atoms with Crippen LogP contribution in [0.2, 0.25) is 5.02 Å². The number of hydrogen-bond acceptors (Lipinski definition) is 4. The van der Waals surface area contributed by atoms with Crippen molar-refractivity contribution < 1.29 is 31.2 Å². The van der Waals surface area contributed by atoms with Gasteiger partial charge in [0, 0.05) is 17.1 Å². The highest BCUT2D eigenvalue weighted by molar-refractivity contribution is 9.10. The van der Waals surface area contributed by atoms with Gasteiger partial charge in [-0.2, -0.15) is 13.2 Å². The Labute approximate surface area is 239 Å². The minimum absolute atomic E-state index is 0.0204. The molecule has 1 saturated carbocycles. The zero-order valence-corrected chi connectivity index (χ0v) is 24.6. The molecule has 0 radical (unpaired) electrons. The van der Waals surface area contributed by atoms with Crippen LogP contribution in [0.4, 0.5) is 18.9 Å². The van der Waals surface area contributed by atoms with E-state index in [1.807, 2.05) is 0 Å². The molecule has 2 aromatic carbocycles. The lowest BCUT2D eigenvalue weighted by molar-refractivity contribution is -0.139. The lowest BCUT2D eigenvalue weighted by atomic mass is 9.95. The number of rotatable bonds is 9. The van der Waals surface area contributed by atoms with E-state index < -0.39 is 51.9 Å². The zero-order valence-electron chi connectivity index (χ0n) is 21.5. The van der Waals surface area contributed by atoms with Gasteiger partial charge in [-0.15, -0.1) is 0 Å². The van der Waals surface area contributed by atoms with E-state index in [0.29, 0.717) is 15.9 Å². The summed E-state index contributed by atoms with van der Waals surface area (Å²) >= 11 is 9.48. The van der Waals surface area contributed by atoms with Crippen LogP contribution in [-0.4, -0.2) is 50.0 Å². The standard InChI is InChI=1S/C26H30BrClF3N3O4S/c1-17(25(36)32-21-9-4-3-5-10-21)33(15-18-7-6-8-20(27)13-18)24(35)16-34(39(2,37)38)23-14-19(26(29,30)31)11-12-22(23)28/h6-8,11-14,17,21H,3-5,9-10,15-16H2,1-2H3,(H,32,36)/t17-/m1/s1. The van der Waals surface area contributed by atoms with Crippen LogP contribution in [-0.2, 0) is 32.3 Å². The Kier molecular flexibility index (Phi) is 10.3. The first-order valence-corrected chi connectivity index (χ1v) is 15.4. The van der Waals surface area contributed by atoms with E-state index in [2.05, 4.69) is 21.2 Å². The second-order valence-corrected chi connectivity index (χ2v) is 12.8. The van der Waals surface area contributed by atoms with Crippen LogP contribution in [0.5, 0.6) is 0 Å². The number of amides is 2. The molecule has 1 fully saturated rings. The average Bonchev–Trinajstić information content (AvgIpc) is 2.85. The largest absolute Gasteiger partial charge is 0.416 e. The average molecular weight is 653 g/mol. The molecule has 1 aliphatic carbocycles. The predicted molar refractivity (Wildman–Crippen MR) is 148 cm³/mol. The van der Waals surface area contributed by atoms with Gasteiger partial charge in [0.2, 0.25) is 21.8 Å². The highest BCUT2D eigenvalue weighted by Gasteiger charge is 2.35. The number of nitrogens with one attached hydrogen (secondary N) is 1. The van der Waals surface area contributed by atoms with Crippen LogP contribution in [0, 0.1) is 0 Å². The van der Waals surface area contributed by atoms with Crippen molar-refractivity contribution in [3.8, 4) is 0 Å². The quantitative estimate of drug-likeness (QED) is 0.374.